The summed E-state index contributed by atoms with van der Waals surface area (Å²) in [6, 6.07) is 4.33. The zero-order chi connectivity index (χ0) is 13.3. The minimum absolute atomic E-state index is 0.105. The third-order valence-corrected chi connectivity index (χ3v) is 3.46. The van der Waals surface area contributed by atoms with Crippen LogP contribution in [0.2, 0.25) is 10.0 Å². The second-order valence-corrected chi connectivity index (χ2v) is 4.91. The van der Waals surface area contributed by atoms with E-state index < -0.39 is 18.2 Å². The van der Waals surface area contributed by atoms with E-state index in [4.69, 9.17) is 23.2 Å². The molecule has 2 amide bonds. The Bertz CT molecular complexity index is 460. The number of amides is 2. The molecule has 0 radical (unpaired) electrons. The van der Waals surface area contributed by atoms with Gasteiger partial charge in [-0.05, 0) is 18.2 Å². The predicted molar refractivity (Wildman–Crippen MR) is 69.1 cm³/mol. The maximum atomic E-state index is 11.8. The summed E-state index contributed by atoms with van der Waals surface area (Å²) in [5, 5.41) is 22.1. The quantitative estimate of drug-likeness (QED) is 0.735. The normalized spacial score (nSPS) is 23.2. The lowest BCUT2D eigenvalue weighted by Gasteiger charge is -2.16. The molecule has 1 saturated heterocycles. The Kier molecular flexibility index (Phi) is 3.97. The molecule has 0 aromatic heterocycles. The van der Waals surface area contributed by atoms with Crippen LogP contribution in [0.1, 0.15) is 0 Å². The van der Waals surface area contributed by atoms with E-state index in [2.05, 4.69) is 5.32 Å². The van der Waals surface area contributed by atoms with E-state index in [0.29, 0.717) is 15.7 Å². The van der Waals surface area contributed by atoms with Crippen molar-refractivity contribution >= 4 is 34.9 Å². The van der Waals surface area contributed by atoms with Gasteiger partial charge in [0.2, 0.25) is 0 Å². The number of rotatable bonds is 1. The van der Waals surface area contributed by atoms with E-state index >= 15 is 0 Å². The highest BCUT2D eigenvalue weighted by Gasteiger charge is 2.32. The lowest BCUT2D eigenvalue weighted by atomic mass is 10.3. The summed E-state index contributed by atoms with van der Waals surface area (Å²) in [7, 11) is 0. The standard InChI is InChI=1S/C11H12Cl2N2O3/c12-7-2-1-6(3-8(7)13)14-11(18)15-4-9(16)10(17)5-15/h1-3,9-10,16-17H,4-5H2,(H,14,18)/t9-,10+. The highest BCUT2D eigenvalue weighted by molar-refractivity contribution is 6.42. The number of carbonyl (C=O) groups excluding carboxylic acids is 1. The molecule has 2 rings (SSSR count). The number of nitrogens with zero attached hydrogens (tertiary/aromatic N) is 1. The Morgan fingerprint density at radius 3 is 2.39 bits per heavy atom. The number of benzene rings is 1. The van der Waals surface area contributed by atoms with Crippen molar-refractivity contribution in [3.63, 3.8) is 0 Å². The first-order valence-corrected chi connectivity index (χ1v) is 6.10. The summed E-state index contributed by atoms with van der Waals surface area (Å²) in [6.07, 6.45) is -1.80. The molecular weight excluding hydrogens is 279 g/mol. The van der Waals surface area contributed by atoms with Crippen LogP contribution in [0.15, 0.2) is 18.2 Å². The Morgan fingerprint density at radius 2 is 1.83 bits per heavy atom. The molecule has 98 valence electrons. The van der Waals surface area contributed by atoms with Crippen LogP contribution in [0.5, 0.6) is 0 Å². The smallest absolute Gasteiger partial charge is 0.322 e. The number of aliphatic hydroxyl groups excluding tert-OH is 2. The molecular formula is C11H12Cl2N2O3. The molecule has 0 aliphatic carbocycles. The summed E-state index contributed by atoms with van der Waals surface area (Å²) >= 11 is 11.6. The van der Waals surface area contributed by atoms with Crippen molar-refractivity contribution in [2.24, 2.45) is 0 Å². The second-order valence-electron chi connectivity index (χ2n) is 4.10. The van der Waals surface area contributed by atoms with Crippen LogP contribution in [0.4, 0.5) is 10.5 Å². The van der Waals surface area contributed by atoms with Gasteiger partial charge in [-0.1, -0.05) is 23.2 Å². The number of nitrogens with one attached hydrogen (secondary N) is 1. The van der Waals surface area contributed by atoms with E-state index in [1.165, 1.54) is 11.0 Å². The molecule has 1 aromatic rings. The molecule has 1 aliphatic heterocycles. The zero-order valence-electron chi connectivity index (χ0n) is 9.31. The molecule has 0 saturated carbocycles. The number of hydrogen-bond acceptors (Lipinski definition) is 3. The fourth-order valence-electron chi connectivity index (χ4n) is 1.71. The molecule has 18 heavy (non-hydrogen) atoms. The molecule has 1 aromatic carbocycles. The van der Waals surface area contributed by atoms with E-state index in [1.807, 2.05) is 0 Å². The molecule has 1 fully saturated rings. The Hall–Kier alpha value is -1.01. The van der Waals surface area contributed by atoms with Gasteiger partial charge in [0, 0.05) is 5.69 Å². The minimum atomic E-state index is -0.899. The molecule has 1 heterocycles. The van der Waals surface area contributed by atoms with Crippen molar-refractivity contribution in [2.45, 2.75) is 12.2 Å². The summed E-state index contributed by atoms with van der Waals surface area (Å²) in [5.41, 5.74) is 0.505. The lowest BCUT2D eigenvalue weighted by Crippen LogP contribution is -2.33. The van der Waals surface area contributed by atoms with Gasteiger partial charge < -0.3 is 20.4 Å². The van der Waals surface area contributed by atoms with Crippen molar-refractivity contribution in [2.75, 3.05) is 18.4 Å². The van der Waals surface area contributed by atoms with Gasteiger partial charge >= 0.3 is 6.03 Å². The van der Waals surface area contributed by atoms with Gasteiger partial charge in [0.25, 0.3) is 0 Å². The summed E-state index contributed by atoms with van der Waals surface area (Å²) in [4.78, 5) is 13.1. The van der Waals surface area contributed by atoms with Gasteiger partial charge in [-0.2, -0.15) is 0 Å². The van der Waals surface area contributed by atoms with Gasteiger partial charge in [0.05, 0.1) is 35.3 Å². The molecule has 0 spiro atoms. The van der Waals surface area contributed by atoms with Crippen molar-refractivity contribution in [3.05, 3.63) is 28.2 Å². The number of halogens is 2. The Labute approximate surface area is 114 Å². The zero-order valence-corrected chi connectivity index (χ0v) is 10.8. The first kappa shape index (κ1) is 13.4. The summed E-state index contributed by atoms with van der Waals surface area (Å²) in [6.45, 7) is 0.211. The number of β-amino-alcohol motifs (C(OH)–C–C–N with tert-alkyl or cyclic N) is 2. The summed E-state index contributed by atoms with van der Waals surface area (Å²) < 4.78 is 0. The lowest BCUT2D eigenvalue weighted by molar-refractivity contribution is 0.0572. The van der Waals surface area contributed by atoms with Crippen molar-refractivity contribution in [1.29, 1.82) is 0 Å². The fraction of sp³-hybridized carbons (Fsp3) is 0.364. The van der Waals surface area contributed by atoms with Crippen molar-refractivity contribution in [1.82, 2.24) is 4.90 Å². The molecule has 7 heteroatoms. The van der Waals surface area contributed by atoms with Gasteiger partial charge in [-0.3, -0.25) is 0 Å². The first-order chi connectivity index (χ1) is 8.47. The molecule has 0 bridgehead atoms. The highest BCUT2D eigenvalue weighted by atomic mass is 35.5. The predicted octanol–water partition coefficient (Wildman–Crippen LogP) is 1.56. The topological polar surface area (TPSA) is 72.8 Å². The van der Waals surface area contributed by atoms with E-state index in [-0.39, 0.29) is 13.1 Å². The number of hydrogen-bond donors (Lipinski definition) is 3. The number of carbonyl (C=O) groups is 1. The van der Waals surface area contributed by atoms with Gasteiger partial charge in [-0.15, -0.1) is 0 Å². The SMILES string of the molecule is O=C(Nc1ccc(Cl)c(Cl)c1)N1C[C@@H](O)[C@@H](O)C1. The van der Waals surface area contributed by atoms with Crippen LogP contribution in [0.25, 0.3) is 0 Å². The Balaban J connectivity index is 2.01. The second kappa shape index (κ2) is 5.32. The van der Waals surface area contributed by atoms with Gasteiger partial charge in [0.1, 0.15) is 0 Å². The van der Waals surface area contributed by atoms with Gasteiger partial charge in [-0.25, -0.2) is 4.79 Å². The monoisotopic (exact) mass is 290 g/mol. The fourth-order valence-corrected chi connectivity index (χ4v) is 2.01. The van der Waals surface area contributed by atoms with E-state index in [1.54, 1.807) is 12.1 Å². The van der Waals surface area contributed by atoms with Crippen LogP contribution < -0.4 is 5.32 Å². The van der Waals surface area contributed by atoms with Crippen LogP contribution in [0.3, 0.4) is 0 Å². The van der Waals surface area contributed by atoms with Crippen LogP contribution in [-0.4, -0.2) is 46.4 Å². The molecule has 0 unspecified atom stereocenters. The molecule has 3 N–H and O–H groups in total. The first-order valence-electron chi connectivity index (χ1n) is 5.34. The minimum Gasteiger partial charge on any atom is -0.388 e. The third-order valence-electron chi connectivity index (χ3n) is 2.72. The van der Waals surface area contributed by atoms with Gasteiger partial charge in [0.15, 0.2) is 0 Å². The van der Waals surface area contributed by atoms with Crippen molar-refractivity contribution in [3.8, 4) is 0 Å². The maximum absolute atomic E-state index is 11.8. The van der Waals surface area contributed by atoms with Crippen LogP contribution >= 0.6 is 23.2 Å². The number of likely N-dealkylation sites (tertiary alicyclic amines) is 1. The number of anilines is 1. The average Bonchev–Trinajstić information content (AvgIpc) is 2.65. The number of urea groups is 1. The van der Waals surface area contributed by atoms with E-state index in [9.17, 15) is 15.0 Å². The molecule has 1 aliphatic rings. The van der Waals surface area contributed by atoms with E-state index in [0.717, 1.165) is 0 Å². The summed E-state index contributed by atoms with van der Waals surface area (Å²) in [5.74, 6) is 0. The van der Waals surface area contributed by atoms with Crippen molar-refractivity contribution < 1.29 is 15.0 Å². The maximum Gasteiger partial charge on any atom is 0.322 e. The Morgan fingerprint density at radius 1 is 1.22 bits per heavy atom. The highest BCUT2D eigenvalue weighted by Crippen LogP contribution is 2.25. The number of aliphatic hydroxyl groups is 2. The third kappa shape index (κ3) is 2.87. The molecule has 5 nitrogen and oxygen atoms in total. The van der Waals surface area contributed by atoms with Crippen LogP contribution in [-0.2, 0) is 0 Å². The van der Waals surface area contributed by atoms with Crippen LogP contribution in [0, 0.1) is 0 Å². The average molecular weight is 291 g/mol. The largest absolute Gasteiger partial charge is 0.388 e. The molecule has 2 atom stereocenters.